The van der Waals surface area contributed by atoms with Crippen molar-refractivity contribution in [3.63, 3.8) is 0 Å². The maximum absolute atomic E-state index is 12.6. The molecule has 1 atom stereocenters. The lowest BCUT2D eigenvalue weighted by Gasteiger charge is -2.16. The van der Waals surface area contributed by atoms with Crippen molar-refractivity contribution < 1.29 is 14.3 Å². The molecule has 2 heterocycles. The number of aryl methyl sites for hydroxylation is 2. The van der Waals surface area contributed by atoms with Gasteiger partial charge >= 0.3 is 5.97 Å². The number of nitrogens with zero attached hydrogens (tertiary/aromatic N) is 2. The summed E-state index contributed by atoms with van der Waals surface area (Å²) in [5.74, 6) is 0.408. The zero-order chi connectivity index (χ0) is 17.3. The van der Waals surface area contributed by atoms with Crippen molar-refractivity contribution in [3.8, 4) is 0 Å². The van der Waals surface area contributed by atoms with Crippen molar-refractivity contribution in [2.45, 2.75) is 18.3 Å². The number of primary amides is 1. The SMILES string of the molecule is Cn1nc2c(c1C(=O)OC(C(N)=O)c1ccc(Br)cc1)CSCC2. The molecular weight excluding hydrogens is 394 g/mol. The zero-order valence-corrected chi connectivity index (χ0v) is 15.4. The maximum Gasteiger partial charge on any atom is 0.358 e. The second-order valence-corrected chi connectivity index (χ2v) is 7.46. The van der Waals surface area contributed by atoms with Crippen LogP contribution in [0.2, 0.25) is 0 Å². The van der Waals surface area contributed by atoms with E-state index in [4.69, 9.17) is 10.5 Å². The van der Waals surface area contributed by atoms with E-state index in [1.165, 1.54) is 4.68 Å². The number of carbonyl (C=O) groups is 2. The van der Waals surface area contributed by atoms with E-state index in [1.54, 1.807) is 43.1 Å². The smallest absolute Gasteiger partial charge is 0.358 e. The number of carbonyl (C=O) groups excluding carboxylic acids is 2. The Labute approximate surface area is 151 Å². The molecule has 1 aliphatic heterocycles. The Kier molecular flexibility index (Phi) is 4.96. The first-order valence-electron chi connectivity index (χ1n) is 7.35. The number of rotatable bonds is 4. The van der Waals surface area contributed by atoms with Gasteiger partial charge in [-0.2, -0.15) is 16.9 Å². The number of amides is 1. The summed E-state index contributed by atoms with van der Waals surface area (Å²) < 4.78 is 7.82. The second-order valence-electron chi connectivity index (χ2n) is 5.44. The minimum atomic E-state index is -1.13. The molecule has 0 saturated carbocycles. The molecule has 0 aliphatic carbocycles. The Morgan fingerprint density at radius 3 is 2.75 bits per heavy atom. The van der Waals surface area contributed by atoms with Crippen LogP contribution in [0.3, 0.4) is 0 Å². The van der Waals surface area contributed by atoms with Crippen molar-refractivity contribution in [1.82, 2.24) is 9.78 Å². The van der Waals surface area contributed by atoms with E-state index in [0.29, 0.717) is 17.0 Å². The number of esters is 1. The number of aromatic nitrogens is 2. The fourth-order valence-corrected chi connectivity index (χ4v) is 3.92. The van der Waals surface area contributed by atoms with Crippen LogP contribution in [0.25, 0.3) is 0 Å². The minimum absolute atomic E-state index is 0.389. The number of hydrogen-bond donors (Lipinski definition) is 1. The van der Waals surface area contributed by atoms with Gasteiger partial charge in [-0.3, -0.25) is 9.48 Å². The van der Waals surface area contributed by atoms with Crippen LogP contribution < -0.4 is 5.73 Å². The lowest BCUT2D eigenvalue weighted by Crippen LogP contribution is -2.27. The van der Waals surface area contributed by atoms with Crippen molar-refractivity contribution >= 4 is 39.6 Å². The molecular formula is C16H16BrN3O3S. The first-order valence-corrected chi connectivity index (χ1v) is 9.30. The van der Waals surface area contributed by atoms with E-state index < -0.39 is 18.0 Å². The molecule has 0 spiro atoms. The van der Waals surface area contributed by atoms with E-state index in [-0.39, 0.29) is 0 Å². The van der Waals surface area contributed by atoms with Crippen LogP contribution in [0.4, 0.5) is 0 Å². The molecule has 1 aliphatic rings. The van der Waals surface area contributed by atoms with Crippen LogP contribution in [0, 0.1) is 0 Å². The van der Waals surface area contributed by atoms with E-state index in [1.807, 2.05) is 0 Å². The third-order valence-corrected chi connectivity index (χ3v) is 5.32. The van der Waals surface area contributed by atoms with Crippen molar-refractivity contribution in [1.29, 1.82) is 0 Å². The van der Waals surface area contributed by atoms with Crippen LogP contribution in [0.15, 0.2) is 28.7 Å². The number of hydrogen-bond acceptors (Lipinski definition) is 5. The van der Waals surface area contributed by atoms with Crippen LogP contribution in [-0.4, -0.2) is 27.4 Å². The number of halogens is 1. The predicted octanol–water partition coefficient (Wildman–Crippen LogP) is 2.36. The lowest BCUT2D eigenvalue weighted by molar-refractivity contribution is -0.127. The monoisotopic (exact) mass is 409 g/mol. The van der Waals surface area contributed by atoms with E-state index in [2.05, 4.69) is 21.0 Å². The molecule has 2 aromatic rings. The highest BCUT2D eigenvalue weighted by Crippen LogP contribution is 2.29. The Hall–Kier alpha value is -1.80. The van der Waals surface area contributed by atoms with Crippen LogP contribution in [0.1, 0.15) is 33.4 Å². The molecule has 6 nitrogen and oxygen atoms in total. The first-order chi connectivity index (χ1) is 11.5. The van der Waals surface area contributed by atoms with Gasteiger partial charge in [-0.1, -0.05) is 28.1 Å². The lowest BCUT2D eigenvalue weighted by atomic mass is 10.1. The van der Waals surface area contributed by atoms with Crippen molar-refractivity contribution in [3.05, 3.63) is 51.3 Å². The topological polar surface area (TPSA) is 87.2 Å². The Balaban J connectivity index is 1.88. The van der Waals surface area contributed by atoms with Gasteiger partial charge in [0, 0.05) is 34.8 Å². The number of fused-ring (bicyclic) bond motifs is 1. The van der Waals surface area contributed by atoms with Crippen molar-refractivity contribution in [2.75, 3.05) is 5.75 Å². The predicted molar refractivity (Wildman–Crippen MR) is 94.6 cm³/mol. The van der Waals surface area contributed by atoms with E-state index >= 15 is 0 Å². The van der Waals surface area contributed by atoms with Gasteiger partial charge in [0.2, 0.25) is 6.10 Å². The van der Waals surface area contributed by atoms with E-state index in [0.717, 1.165) is 27.9 Å². The standard InChI is InChI=1S/C16H16BrN3O3S/c1-20-13(11-8-24-7-6-12(11)19-20)16(22)23-14(15(18)21)9-2-4-10(17)5-3-9/h2-5,14H,6-8H2,1H3,(H2,18,21). The maximum atomic E-state index is 12.6. The summed E-state index contributed by atoms with van der Waals surface area (Å²) in [6.45, 7) is 0. The van der Waals surface area contributed by atoms with E-state index in [9.17, 15) is 9.59 Å². The van der Waals surface area contributed by atoms with Crippen LogP contribution in [-0.2, 0) is 28.8 Å². The molecule has 0 radical (unpaired) electrons. The molecule has 1 unspecified atom stereocenters. The summed E-state index contributed by atoms with van der Waals surface area (Å²) in [6.07, 6.45) is -0.306. The van der Waals surface area contributed by atoms with Gasteiger partial charge in [-0.15, -0.1) is 0 Å². The highest BCUT2D eigenvalue weighted by atomic mass is 79.9. The van der Waals surface area contributed by atoms with Crippen LogP contribution in [0.5, 0.6) is 0 Å². The van der Waals surface area contributed by atoms with Gasteiger partial charge in [-0.05, 0) is 17.9 Å². The molecule has 1 aromatic carbocycles. The molecule has 0 saturated heterocycles. The molecule has 3 rings (SSSR count). The highest BCUT2D eigenvalue weighted by Gasteiger charge is 2.29. The summed E-state index contributed by atoms with van der Waals surface area (Å²) in [5, 5.41) is 4.39. The average molecular weight is 410 g/mol. The van der Waals surface area contributed by atoms with Crippen molar-refractivity contribution in [2.24, 2.45) is 12.8 Å². The first kappa shape index (κ1) is 17.0. The van der Waals surface area contributed by atoms with Crippen LogP contribution >= 0.6 is 27.7 Å². The molecule has 8 heteroatoms. The summed E-state index contributed by atoms with van der Waals surface area (Å²) in [4.78, 5) is 24.4. The molecule has 2 N–H and O–H groups in total. The normalized spacial score (nSPS) is 14.8. The molecule has 126 valence electrons. The van der Waals surface area contributed by atoms with Gasteiger partial charge in [-0.25, -0.2) is 4.79 Å². The van der Waals surface area contributed by atoms with Gasteiger partial charge in [0.15, 0.2) is 5.69 Å². The largest absolute Gasteiger partial charge is 0.443 e. The minimum Gasteiger partial charge on any atom is -0.443 e. The quantitative estimate of drug-likeness (QED) is 0.782. The molecule has 24 heavy (non-hydrogen) atoms. The average Bonchev–Trinajstić information content (AvgIpc) is 2.89. The molecule has 0 bridgehead atoms. The zero-order valence-electron chi connectivity index (χ0n) is 13.0. The Morgan fingerprint density at radius 2 is 2.08 bits per heavy atom. The fourth-order valence-electron chi connectivity index (χ4n) is 2.67. The Morgan fingerprint density at radius 1 is 1.38 bits per heavy atom. The summed E-state index contributed by atoms with van der Waals surface area (Å²) in [5.41, 5.74) is 8.16. The number of nitrogens with two attached hydrogens (primary N) is 1. The number of ether oxygens (including phenoxy) is 1. The van der Waals surface area contributed by atoms with Gasteiger partial charge in [0.05, 0.1) is 5.69 Å². The fraction of sp³-hybridized carbons (Fsp3) is 0.312. The third-order valence-electron chi connectivity index (χ3n) is 3.81. The molecule has 0 fully saturated rings. The summed E-state index contributed by atoms with van der Waals surface area (Å²) in [7, 11) is 1.71. The number of benzene rings is 1. The summed E-state index contributed by atoms with van der Waals surface area (Å²) >= 11 is 5.07. The third kappa shape index (κ3) is 3.34. The highest BCUT2D eigenvalue weighted by molar-refractivity contribution is 9.10. The Bertz CT molecular complexity index is 789. The molecule has 1 aromatic heterocycles. The summed E-state index contributed by atoms with van der Waals surface area (Å²) in [6, 6.07) is 6.92. The molecule has 1 amide bonds. The van der Waals surface area contributed by atoms with Gasteiger partial charge in [0.1, 0.15) is 0 Å². The van der Waals surface area contributed by atoms with Gasteiger partial charge < -0.3 is 10.5 Å². The number of thioether (sulfide) groups is 1. The van der Waals surface area contributed by atoms with Gasteiger partial charge in [0.25, 0.3) is 5.91 Å². The second kappa shape index (κ2) is 6.98.